The molecule has 1 aliphatic rings. The number of hydrogen-bond acceptors (Lipinski definition) is 2. The summed E-state index contributed by atoms with van der Waals surface area (Å²) in [6.45, 7) is 0. The molecule has 4 heteroatoms. The summed E-state index contributed by atoms with van der Waals surface area (Å²) >= 11 is 1.29. The van der Waals surface area contributed by atoms with Crippen LogP contribution in [-0.4, -0.2) is 11.5 Å². The monoisotopic (exact) mass is 288 g/mol. The molecule has 0 unspecified atom stereocenters. The van der Waals surface area contributed by atoms with E-state index in [4.69, 9.17) is 0 Å². The van der Waals surface area contributed by atoms with Gasteiger partial charge in [-0.2, -0.15) is 0 Å². The van der Waals surface area contributed by atoms with Crippen molar-refractivity contribution in [3.63, 3.8) is 0 Å². The van der Waals surface area contributed by atoms with Gasteiger partial charge in [0.2, 0.25) is 0 Å². The highest BCUT2D eigenvalue weighted by molar-refractivity contribution is 7.99. The molecule has 3 rings (SSSR count). The molecule has 0 aromatic heterocycles. The third-order valence-electron chi connectivity index (χ3n) is 3.06. The normalized spacial score (nSPS) is 16.3. The number of fused-ring (bicyclic) bond motifs is 1. The quantitative estimate of drug-likeness (QED) is 0.726. The van der Waals surface area contributed by atoms with Crippen LogP contribution in [0.5, 0.6) is 0 Å². The Balaban J connectivity index is 2.00. The maximum atomic E-state index is 13.6. The number of Topliss-reactive ketones (excluding diaryl/α,β-unsaturated/α-hetero) is 1. The molecule has 0 aliphatic carbocycles. The minimum absolute atomic E-state index is 0.192. The first-order chi connectivity index (χ1) is 9.65. The van der Waals surface area contributed by atoms with Gasteiger partial charge in [-0.05, 0) is 35.9 Å². The van der Waals surface area contributed by atoms with Crippen LogP contribution in [0.25, 0.3) is 6.08 Å². The molecule has 20 heavy (non-hydrogen) atoms. The van der Waals surface area contributed by atoms with E-state index in [1.54, 1.807) is 24.3 Å². The Labute approximate surface area is 119 Å². The van der Waals surface area contributed by atoms with Gasteiger partial charge in [-0.3, -0.25) is 4.79 Å². The molecule has 1 heterocycles. The van der Waals surface area contributed by atoms with Crippen LogP contribution in [0.4, 0.5) is 8.78 Å². The molecule has 100 valence electrons. The number of halogens is 2. The lowest BCUT2D eigenvalue weighted by Crippen LogP contribution is -2.13. The van der Waals surface area contributed by atoms with Gasteiger partial charge < -0.3 is 0 Å². The van der Waals surface area contributed by atoms with E-state index in [2.05, 4.69) is 0 Å². The van der Waals surface area contributed by atoms with Crippen LogP contribution in [0, 0.1) is 11.6 Å². The van der Waals surface area contributed by atoms with Crippen molar-refractivity contribution in [2.24, 2.45) is 0 Å². The van der Waals surface area contributed by atoms with E-state index in [9.17, 15) is 13.6 Å². The molecule has 0 saturated heterocycles. The van der Waals surface area contributed by atoms with E-state index in [1.807, 2.05) is 0 Å². The van der Waals surface area contributed by atoms with Crippen LogP contribution >= 0.6 is 11.8 Å². The van der Waals surface area contributed by atoms with Crippen molar-refractivity contribution in [1.82, 2.24) is 0 Å². The molecule has 2 aromatic rings. The Kier molecular flexibility index (Phi) is 3.40. The van der Waals surface area contributed by atoms with Crippen molar-refractivity contribution < 1.29 is 13.6 Å². The molecular formula is C16H10F2OS. The van der Waals surface area contributed by atoms with Crippen LogP contribution in [0.3, 0.4) is 0 Å². The molecule has 0 N–H and O–H groups in total. The lowest BCUT2D eigenvalue weighted by Gasteiger charge is -2.17. The van der Waals surface area contributed by atoms with E-state index >= 15 is 0 Å². The number of rotatable bonds is 1. The number of hydrogen-bond donors (Lipinski definition) is 0. The largest absolute Gasteiger partial charge is 0.289 e. The van der Waals surface area contributed by atoms with Crippen molar-refractivity contribution in [2.45, 2.75) is 4.90 Å². The van der Waals surface area contributed by atoms with E-state index in [0.29, 0.717) is 27.3 Å². The molecule has 1 aliphatic heterocycles. The standard InChI is InChI=1S/C16H10F2OS/c17-12-4-1-3-10(8-12)7-11-9-20-16-13(15(11)19)5-2-6-14(16)18/h1-8H,9H2/b11-7-. The van der Waals surface area contributed by atoms with Gasteiger partial charge in [0.15, 0.2) is 5.78 Å². The molecule has 0 saturated carbocycles. The fourth-order valence-electron chi connectivity index (χ4n) is 2.13. The smallest absolute Gasteiger partial charge is 0.191 e. The Morgan fingerprint density at radius 3 is 2.70 bits per heavy atom. The Hall–Kier alpha value is -1.94. The van der Waals surface area contributed by atoms with Crippen LogP contribution < -0.4 is 0 Å². The molecule has 0 fully saturated rings. The van der Waals surface area contributed by atoms with Gasteiger partial charge >= 0.3 is 0 Å². The van der Waals surface area contributed by atoms with Gasteiger partial charge in [0.05, 0.1) is 4.90 Å². The highest BCUT2D eigenvalue weighted by Crippen LogP contribution is 2.35. The fraction of sp³-hybridized carbons (Fsp3) is 0.0625. The van der Waals surface area contributed by atoms with Crippen LogP contribution in [-0.2, 0) is 0 Å². The summed E-state index contributed by atoms with van der Waals surface area (Å²) in [6.07, 6.45) is 1.66. The zero-order chi connectivity index (χ0) is 14.1. The maximum absolute atomic E-state index is 13.6. The summed E-state index contributed by atoms with van der Waals surface area (Å²) in [5.41, 5.74) is 1.57. The number of carbonyl (C=O) groups is 1. The third-order valence-corrected chi connectivity index (χ3v) is 4.22. The summed E-state index contributed by atoms with van der Waals surface area (Å²) in [4.78, 5) is 12.7. The first-order valence-electron chi connectivity index (χ1n) is 6.07. The topological polar surface area (TPSA) is 17.1 Å². The minimum Gasteiger partial charge on any atom is -0.289 e. The van der Waals surface area contributed by atoms with Crippen LogP contribution in [0.1, 0.15) is 15.9 Å². The second kappa shape index (κ2) is 5.21. The average molecular weight is 288 g/mol. The number of carbonyl (C=O) groups excluding carboxylic acids is 1. The van der Waals surface area contributed by atoms with E-state index < -0.39 is 0 Å². The lowest BCUT2D eigenvalue weighted by molar-refractivity contribution is 0.103. The second-order valence-electron chi connectivity index (χ2n) is 4.46. The predicted octanol–water partition coefficient (Wildman–Crippen LogP) is 4.34. The summed E-state index contributed by atoms with van der Waals surface area (Å²) in [5, 5.41) is 0. The van der Waals surface area contributed by atoms with Crippen molar-refractivity contribution in [3.05, 3.63) is 70.8 Å². The van der Waals surface area contributed by atoms with E-state index in [1.165, 1.54) is 36.0 Å². The van der Waals surface area contributed by atoms with E-state index in [0.717, 1.165) is 0 Å². The second-order valence-corrected chi connectivity index (χ2v) is 5.44. The van der Waals surface area contributed by atoms with Crippen molar-refractivity contribution in [2.75, 3.05) is 5.75 Å². The maximum Gasteiger partial charge on any atom is 0.191 e. The predicted molar refractivity (Wildman–Crippen MR) is 75.8 cm³/mol. The Morgan fingerprint density at radius 1 is 1.10 bits per heavy atom. The third kappa shape index (κ3) is 2.39. The molecule has 0 radical (unpaired) electrons. The fourth-order valence-corrected chi connectivity index (χ4v) is 3.16. The number of benzene rings is 2. The molecule has 0 bridgehead atoms. The summed E-state index contributed by atoms with van der Waals surface area (Å²) < 4.78 is 26.8. The molecule has 0 amide bonds. The molecule has 1 nitrogen and oxygen atoms in total. The molecular weight excluding hydrogens is 278 g/mol. The highest BCUT2D eigenvalue weighted by atomic mass is 32.2. The Morgan fingerprint density at radius 2 is 1.90 bits per heavy atom. The van der Waals surface area contributed by atoms with Crippen molar-refractivity contribution >= 4 is 23.6 Å². The highest BCUT2D eigenvalue weighted by Gasteiger charge is 2.24. The number of ketones is 1. The molecule has 0 atom stereocenters. The number of thioether (sulfide) groups is 1. The van der Waals surface area contributed by atoms with Gasteiger partial charge in [-0.25, -0.2) is 8.78 Å². The Bertz CT molecular complexity index is 722. The van der Waals surface area contributed by atoms with Crippen LogP contribution in [0.15, 0.2) is 52.9 Å². The summed E-state index contributed by atoms with van der Waals surface area (Å²) in [7, 11) is 0. The van der Waals surface area contributed by atoms with Gasteiger partial charge in [-0.1, -0.05) is 18.2 Å². The summed E-state index contributed by atoms with van der Waals surface area (Å²) in [6, 6.07) is 10.5. The molecule has 2 aromatic carbocycles. The first kappa shape index (κ1) is 13.1. The van der Waals surface area contributed by atoms with E-state index in [-0.39, 0.29) is 17.4 Å². The lowest BCUT2D eigenvalue weighted by atomic mass is 10.0. The minimum atomic E-state index is -0.370. The SMILES string of the molecule is O=C1/C(=C\c2cccc(F)c2)CSc2c(F)cccc21. The average Bonchev–Trinajstić information content (AvgIpc) is 2.43. The molecule has 0 spiro atoms. The van der Waals surface area contributed by atoms with Crippen molar-refractivity contribution in [3.8, 4) is 0 Å². The zero-order valence-corrected chi connectivity index (χ0v) is 11.2. The van der Waals surface area contributed by atoms with Gasteiger partial charge in [-0.15, -0.1) is 11.8 Å². The van der Waals surface area contributed by atoms with Gasteiger partial charge in [0.25, 0.3) is 0 Å². The zero-order valence-electron chi connectivity index (χ0n) is 10.4. The summed E-state index contributed by atoms with van der Waals surface area (Å²) in [5.74, 6) is -0.515. The van der Waals surface area contributed by atoms with Crippen molar-refractivity contribution in [1.29, 1.82) is 0 Å². The van der Waals surface area contributed by atoms with Gasteiger partial charge in [0.1, 0.15) is 11.6 Å². The van der Waals surface area contributed by atoms with Gasteiger partial charge in [0, 0.05) is 16.9 Å². The first-order valence-corrected chi connectivity index (χ1v) is 7.06. The van der Waals surface area contributed by atoms with Crippen LogP contribution in [0.2, 0.25) is 0 Å².